The summed E-state index contributed by atoms with van der Waals surface area (Å²) < 4.78 is 11.9. The molecule has 0 amide bonds. The van der Waals surface area contributed by atoms with E-state index in [1.54, 1.807) is 7.11 Å². The van der Waals surface area contributed by atoms with E-state index in [2.05, 4.69) is 27.7 Å². The topological polar surface area (TPSA) is 18.5 Å². The van der Waals surface area contributed by atoms with Gasteiger partial charge in [0.05, 0.1) is 6.10 Å². The monoisotopic (exact) mass is 341 g/mol. The molecule has 0 aliphatic heterocycles. The molecule has 2 heteroatoms. The van der Waals surface area contributed by atoms with Crippen LogP contribution in [0.3, 0.4) is 0 Å². The summed E-state index contributed by atoms with van der Waals surface area (Å²) in [5, 5.41) is 0. The van der Waals surface area contributed by atoms with Crippen LogP contribution in [0.1, 0.15) is 117 Å². The number of hydrogen-bond donors (Lipinski definition) is 0. The Kier molecular flexibility index (Phi) is 16.3. The predicted molar refractivity (Wildman–Crippen MR) is 106 cm³/mol. The average Bonchev–Trinajstić information content (AvgIpc) is 2.55. The predicted octanol–water partition coefficient (Wildman–Crippen LogP) is 7.46. The molecular weight excluding hydrogens is 296 g/mol. The zero-order valence-electron chi connectivity index (χ0n) is 17.2. The Balaban J connectivity index is 3.61. The molecule has 0 aromatic carbocycles. The molecule has 0 N–H and O–H groups in total. The highest BCUT2D eigenvalue weighted by Crippen LogP contribution is 2.28. The molecule has 0 heterocycles. The van der Waals surface area contributed by atoms with Gasteiger partial charge >= 0.3 is 0 Å². The zero-order chi connectivity index (χ0) is 18.1. The van der Waals surface area contributed by atoms with Crippen molar-refractivity contribution < 1.29 is 9.47 Å². The number of ether oxygens (including phenoxy) is 2. The van der Waals surface area contributed by atoms with Crippen molar-refractivity contribution in [3.63, 3.8) is 0 Å². The fourth-order valence-corrected chi connectivity index (χ4v) is 3.47. The first kappa shape index (κ1) is 23.9. The lowest BCUT2D eigenvalue weighted by Gasteiger charge is -2.34. The molecule has 1 atom stereocenters. The minimum atomic E-state index is -0.350. The first-order valence-corrected chi connectivity index (χ1v) is 10.6. The molecule has 1 unspecified atom stereocenters. The molecule has 0 aromatic heterocycles. The highest BCUT2D eigenvalue weighted by Gasteiger charge is 2.30. The minimum absolute atomic E-state index is 0.227. The van der Waals surface area contributed by atoms with Crippen molar-refractivity contribution >= 4 is 0 Å². The molecule has 0 aromatic rings. The molecule has 0 saturated heterocycles. The Hall–Kier alpha value is -0.0800. The Bertz CT molecular complexity index is 252. The van der Waals surface area contributed by atoms with Crippen LogP contribution in [0.2, 0.25) is 0 Å². The maximum atomic E-state index is 6.10. The minimum Gasteiger partial charge on any atom is -0.353 e. The largest absolute Gasteiger partial charge is 0.353 e. The van der Waals surface area contributed by atoms with Crippen molar-refractivity contribution in [2.24, 2.45) is 0 Å². The van der Waals surface area contributed by atoms with Crippen LogP contribution in [0, 0.1) is 6.92 Å². The SMILES string of the molecule is [CH2]CCCCCCCCCCCCCC(CCC)(OC)OC(C)C. The van der Waals surface area contributed by atoms with Gasteiger partial charge in [0.1, 0.15) is 0 Å². The van der Waals surface area contributed by atoms with Gasteiger partial charge in [-0.15, -0.1) is 0 Å². The summed E-state index contributed by atoms with van der Waals surface area (Å²) in [5.74, 6) is -0.350. The quantitative estimate of drug-likeness (QED) is 0.190. The highest BCUT2D eigenvalue weighted by molar-refractivity contribution is 4.70. The molecule has 0 bridgehead atoms. The number of unbranched alkanes of at least 4 members (excludes halogenated alkanes) is 11. The lowest BCUT2D eigenvalue weighted by molar-refractivity contribution is -0.248. The van der Waals surface area contributed by atoms with Crippen molar-refractivity contribution in [3.05, 3.63) is 6.92 Å². The maximum absolute atomic E-state index is 6.10. The van der Waals surface area contributed by atoms with E-state index in [1.807, 2.05) is 0 Å². The summed E-state index contributed by atoms with van der Waals surface area (Å²) in [6.07, 6.45) is 19.5. The summed E-state index contributed by atoms with van der Waals surface area (Å²) >= 11 is 0. The molecule has 24 heavy (non-hydrogen) atoms. The van der Waals surface area contributed by atoms with Gasteiger partial charge < -0.3 is 9.47 Å². The first-order chi connectivity index (χ1) is 11.6. The van der Waals surface area contributed by atoms with E-state index >= 15 is 0 Å². The molecule has 0 saturated carbocycles. The van der Waals surface area contributed by atoms with E-state index in [4.69, 9.17) is 9.47 Å². The zero-order valence-corrected chi connectivity index (χ0v) is 17.2. The van der Waals surface area contributed by atoms with Gasteiger partial charge in [0.2, 0.25) is 0 Å². The van der Waals surface area contributed by atoms with E-state index < -0.39 is 0 Å². The summed E-state index contributed by atoms with van der Waals surface area (Å²) in [6.45, 7) is 10.3. The third kappa shape index (κ3) is 13.2. The maximum Gasteiger partial charge on any atom is 0.168 e. The van der Waals surface area contributed by atoms with Crippen LogP contribution in [0.4, 0.5) is 0 Å². The summed E-state index contributed by atoms with van der Waals surface area (Å²) in [7, 11) is 1.80. The second-order valence-corrected chi connectivity index (χ2v) is 7.52. The fourth-order valence-electron chi connectivity index (χ4n) is 3.47. The van der Waals surface area contributed by atoms with Crippen molar-refractivity contribution in [1.82, 2.24) is 0 Å². The third-order valence-electron chi connectivity index (χ3n) is 4.76. The van der Waals surface area contributed by atoms with Gasteiger partial charge in [-0.3, -0.25) is 0 Å². The Morgan fingerprint density at radius 1 is 0.750 bits per heavy atom. The number of rotatable bonds is 18. The molecule has 145 valence electrons. The highest BCUT2D eigenvalue weighted by atomic mass is 16.7. The van der Waals surface area contributed by atoms with E-state index in [9.17, 15) is 0 Å². The van der Waals surface area contributed by atoms with Gasteiger partial charge in [0.25, 0.3) is 0 Å². The van der Waals surface area contributed by atoms with E-state index in [-0.39, 0.29) is 11.9 Å². The van der Waals surface area contributed by atoms with Gasteiger partial charge in [0, 0.05) is 20.0 Å². The van der Waals surface area contributed by atoms with Gasteiger partial charge in [-0.2, -0.15) is 0 Å². The smallest absolute Gasteiger partial charge is 0.168 e. The summed E-state index contributed by atoms with van der Waals surface area (Å²) in [6, 6.07) is 0. The lowest BCUT2D eigenvalue weighted by atomic mass is 10.0. The normalized spacial score (nSPS) is 14.2. The van der Waals surface area contributed by atoms with Gasteiger partial charge in [0.15, 0.2) is 5.79 Å². The van der Waals surface area contributed by atoms with Crippen LogP contribution in [0.5, 0.6) is 0 Å². The standard InChI is InChI=1S/C22H45O2/c1-6-8-9-10-11-12-13-14-15-16-17-18-20-22(23-5,19-7-2)24-21(3)4/h21H,1,6-20H2,2-5H3. The van der Waals surface area contributed by atoms with Gasteiger partial charge in [-0.25, -0.2) is 0 Å². The van der Waals surface area contributed by atoms with E-state index in [1.165, 1.54) is 70.6 Å². The molecule has 0 rings (SSSR count). The molecule has 0 spiro atoms. The van der Waals surface area contributed by atoms with Gasteiger partial charge in [-0.05, 0) is 20.3 Å². The molecule has 0 aliphatic carbocycles. The molecular formula is C22H45O2. The van der Waals surface area contributed by atoms with Crippen LogP contribution in [0.25, 0.3) is 0 Å². The van der Waals surface area contributed by atoms with Crippen molar-refractivity contribution in [2.45, 2.75) is 129 Å². The van der Waals surface area contributed by atoms with Crippen molar-refractivity contribution in [1.29, 1.82) is 0 Å². The lowest BCUT2D eigenvalue weighted by Crippen LogP contribution is -2.37. The fraction of sp³-hybridized carbons (Fsp3) is 0.955. The van der Waals surface area contributed by atoms with Crippen LogP contribution in [0.15, 0.2) is 0 Å². The Morgan fingerprint density at radius 3 is 1.58 bits per heavy atom. The first-order valence-electron chi connectivity index (χ1n) is 10.6. The van der Waals surface area contributed by atoms with Crippen molar-refractivity contribution in [2.75, 3.05) is 7.11 Å². The number of hydrogen-bond acceptors (Lipinski definition) is 2. The molecule has 0 fully saturated rings. The number of methoxy groups -OCH3 is 1. The average molecular weight is 342 g/mol. The van der Waals surface area contributed by atoms with Gasteiger partial charge in [-0.1, -0.05) is 90.9 Å². The van der Waals surface area contributed by atoms with Crippen LogP contribution >= 0.6 is 0 Å². The summed E-state index contributed by atoms with van der Waals surface area (Å²) in [5.41, 5.74) is 0. The Morgan fingerprint density at radius 2 is 1.21 bits per heavy atom. The van der Waals surface area contributed by atoms with Crippen molar-refractivity contribution in [3.8, 4) is 0 Å². The van der Waals surface area contributed by atoms with Crippen LogP contribution in [-0.2, 0) is 9.47 Å². The second kappa shape index (κ2) is 16.4. The second-order valence-electron chi connectivity index (χ2n) is 7.52. The molecule has 1 radical (unpaired) electrons. The Labute approximate surface area is 153 Å². The van der Waals surface area contributed by atoms with Crippen LogP contribution in [-0.4, -0.2) is 19.0 Å². The summed E-state index contributed by atoms with van der Waals surface area (Å²) in [4.78, 5) is 0. The van der Waals surface area contributed by atoms with Crippen LogP contribution < -0.4 is 0 Å². The molecule has 0 aliphatic rings. The van der Waals surface area contributed by atoms with E-state index in [0.717, 1.165) is 25.7 Å². The van der Waals surface area contributed by atoms with E-state index in [0.29, 0.717) is 0 Å². The third-order valence-corrected chi connectivity index (χ3v) is 4.76. The molecule has 2 nitrogen and oxygen atoms in total.